The molecule has 0 bridgehead atoms. The minimum atomic E-state index is -4.15. The summed E-state index contributed by atoms with van der Waals surface area (Å²) in [5.74, 6) is -1.35. The number of sulfonamides is 1. The number of carboxylic acid groups (broad SMARTS) is 1. The highest BCUT2D eigenvalue weighted by molar-refractivity contribution is 7.92. The first-order valence-corrected chi connectivity index (χ1v) is 9.25. The quantitative estimate of drug-likeness (QED) is 0.689. The molecule has 1 aromatic carbocycles. The van der Waals surface area contributed by atoms with Gasteiger partial charge in [-0.05, 0) is 29.7 Å². The van der Waals surface area contributed by atoms with Gasteiger partial charge in [0.05, 0.1) is 37.6 Å². The molecule has 0 fully saturated rings. The summed E-state index contributed by atoms with van der Waals surface area (Å²) in [6.07, 6.45) is 2.72. The van der Waals surface area contributed by atoms with Crippen molar-refractivity contribution in [3.05, 3.63) is 46.2 Å². The van der Waals surface area contributed by atoms with Crippen molar-refractivity contribution in [2.24, 2.45) is 0 Å². The van der Waals surface area contributed by atoms with Crippen molar-refractivity contribution in [2.45, 2.75) is 5.03 Å². The lowest BCUT2D eigenvalue weighted by Gasteiger charge is -2.11. The van der Waals surface area contributed by atoms with Crippen molar-refractivity contribution >= 4 is 66.5 Å². The molecule has 7 nitrogen and oxygen atoms in total. The first-order valence-electron chi connectivity index (χ1n) is 6.24. The Balaban J connectivity index is 2.12. The zero-order valence-electron chi connectivity index (χ0n) is 11.5. The van der Waals surface area contributed by atoms with E-state index in [0.717, 1.165) is 23.7 Å². The number of carboxylic acids is 1. The Morgan fingerprint density at radius 2 is 1.96 bits per heavy atom. The van der Waals surface area contributed by atoms with Crippen molar-refractivity contribution in [1.82, 2.24) is 9.36 Å². The van der Waals surface area contributed by atoms with Gasteiger partial charge in [0.25, 0.3) is 10.0 Å². The molecule has 0 unspecified atom stereocenters. The standard InChI is InChI=1S/C13H7Cl2N3O4S2/c14-8-3-6(13(19)20)10(4-9(8)15)18-24(21,22)12-7-5-17-23-11(7)1-2-16-12/h1-5,18H,(H,19,20). The largest absolute Gasteiger partial charge is 0.478 e. The summed E-state index contributed by atoms with van der Waals surface area (Å²) in [5.41, 5.74) is -0.539. The van der Waals surface area contributed by atoms with Gasteiger partial charge in [-0.1, -0.05) is 23.2 Å². The molecule has 3 rings (SSSR count). The molecule has 0 radical (unpaired) electrons. The number of benzene rings is 1. The summed E-state index contributed by atoms with van der Waals surface area (Å²) in [4.78, 5) is 15.2. The van der Waals surface area contributed by atoms with E-state index in [1.165, 1.54) is 12.4 Å². The van der Waals surface area contributed by atoms with Gasteiger partial charge in [-0.3, -0.25) is 4.72 Å². The van der Waals surface area contributed by atoms with Gasteiger partial charge in [0.1, 0.15) is 0 Å². The lowest BCUT2D eigenvalue weighted by molar-refractivity contribution is 0.0698. The van der Waals surface area contributed by atoms with Gasteiger partial charge in [-0.2, -0.15) is 12.8 Å². The number of anilines is 1. The average Bonchev–Trinajstić information content (AvgIpc) is 2.98. The number of rotatable bonds is 4. The monoisotopic (exact) mass is 403 g/mol. The number of nitrogens with zero attached hydrogens (tertiary/aromatic N) is 2. The minimum absolute atomic E-state index is 0.000671. The lowest BCUT2D eigenvalue weighted by atomic mass is 10.2. The Morgan fingerprint density at radius 3 is 2.67 bits per heavy atom. The highest BCUT2D eigenvalue weighted by atomic mass is 35.5. The summed E-state index contributed by atoms with van der Waals surface area (Å²) in [7, 11) is -4.15. The van der Waals surface area contributed by atoms with Crippen LogP contribution in [0.2, 0.25) is 10.0 Å². The number of nitrogens with one attached hydrogen (secondary N) is 1. The van der Waals surface area contributed by atoms with Crippen LogP contribution in [0.15, 0.2) is 35.6 Å². The molecular formula is C13H7Cl2N3O4S2. The maximum Gasteiger partial charge on any atom is 0.337 e. The number of carbonyl (C=O) groups is 1. The van der Waals surface area contributed by atoms with Crippen molar-refractivity contribution < 1.29 is 18.3 Å². The maximum atomic E-state index is 12.6. The second-order valence-electron chi connectivity index (χ2n) is 4.58. The number of hydrogen-bond donors (Lipinski definition) is 2. The smallest absolute Gasteiger partial charge is 0.337 e. The molecular weight excluding hydrogens is 397 g/mol. The molecule has 0 aliphatic carbocycles. The fraction of sp³-hybridized carbons (Fsp3) is 0. The molecule has 0 amide bonds. The Kier molecular flexibility index (Phi) is 4.35. The van der Waals surface area contributed by atoms with Gasteiger partial charge in [-0.15, -0.1) is 0 Å². The van der Waals surface area contributed by atoms with Crippen molar-refractivity contribution in [3.63, 3.8) is 0 Å². The average molecular weight is 404 g/mol. The van der Waals surface area contributed by atoms with Crippen LogP contribution < -0.4 is 4.72 Å². The lowest BCUT2D eigenvalue weighted by Crippen LogP contribution is -2.17. The van der Waals surface area contributed by atoms with E-state index < -0.39 is 16.0 Å². The molecule has 2 heterocycles. The zero-order chi connectivity index (χ0) is 17.5. The van der Waals surface area contributed by atoms with E-state index in [2.05, 4.69) is 14.1 Å². The van der Waals surface area contributed by atoms with Crippen LogP contribution in [0.3, 0.4) is 0 Å². The van der Waals surface area contributed by atoms with Gasteiger partial charge < -0.3 is 5.11 Å². The predicted molar refractivity (Wildman–Crippen MR) is 91.6 cm³/mol. The van der Waals surface area contributed by atoms with Crippen LogP contribution in [-0.4, -0.2) is 28.9 Å². The molecule has 0 atom stereocenters. The molecule has 0 aliphatic rings. The molecule has 0 spiro atoms. The highest BCUT2D eigenvalue weighted by Crippen LogP contribution is 2.31. The van der Waals surface area contributed by atoms with Crippen LogP contribution >= 0.6 is 34.7 Å². The van der Waals surface area contributed by atoms with Gasteiger partial charge >= 0.3 is 5.97 Å². The van der Waals surface area contributed by atoms with Gasteiger partial charge in [0.2, 0.25) is 0 Å². The number of aromatic nitrogens is 2. The maximum absolute atomic E-state index is 12.6. The second kappa shape index (κ2) is 6.17. The van der Waals surface area contributed by atoms with Crippen LogP contribution in [0.4, 0.5) is 5.69 Å². The molecule has 0 aliphatic heterocycles. The van der Waals surface area contributed by atoms with Crippen molar-refractivity contribution in [3.8, 4) is 0 Å². The summed E-state index contributed by atoms with van der Waals surface area (Å²) >= 11 is 12.8. The number of pyridine rings is 1. The van der Waals surface area contributed by atoms with Gasteiger partial charge in [0, 0.05) is 6.20 Å². The van der Waals surface area contributed by atoms with Gasteiger partial charge in [-0.25, -0.2) is 9.78 Å². The zero-order valence-corrected chi connectivity index (χ0v) is 14.7. The second-order valence-corrected chi connectivity index (χ2v) is 7.82. The molecule has 11 heteroatoms. The van der Waals surface area contributed by atoms with Crippen LogP contribution in [0.5, 0.6) is 0 Å². The third-order valence-corrected chi connectivity index (χ3v) is 5.84. The summed E-state index contributed by atoms with van der Waals surface area (Å²) in [6, 6.07) is 3.84. The molecule has 0 saturated carbocycles. The first kappa shape index (κ1) is 16.9. The van der Waals surface area contributed by atoms with Crippen LogP contribution in [-0.2, 0) is 10.0 Å². The SMILES string of the molecule is O=C(O)c1cc(Cl)c(Cl)cc1NS(=O)(=O)c1nccc2sncc12. The molecule has 2 aromatic heterocycles. The summed E-state index contributed by atoms with van der Waals surface area (Å²) < 4.78 is 32.0. The minimum Gasteiger partial charge on any atom is -0.478 e. The molecule has 0 saturated heterocycles. The molecule has 124 valence electrons. The fourth-order valence-corrected chi connectivity index (χ4v) is 4.23. The Hall–Kier alpha value is -1.94. The van der Waals surface area contributed by atoms with E-state index in [0.29, 0.717) is 10.1 Å². The van der Waals surface area contributed by atoms with Crippen LogP contribution in [0, 0.1) is 0 Å². The molecule has 24 heavy (non-hydrogen) atoms. The van der Waals surface area contributed by atoms with Crippen molar-refractivity contribution in [1.29, 1.82) is 0 Å². The highest BCUT2D eigenvalue weighted by Gasteiger charge is 2.23. The fourth-order valence-electron chi connectivity index (χ4n) is 1.99. The van der Waals surface area contributed by atoms with Crippen molar-refractivity contribution in [2.75, 3.05) is 4.72 Å². The topological polar surface area (TPSA) is 109 Å². The van der Waals surface area contributed by atoms with E-state index in [4.69, 9.17) is 23.2 Å². The number of hydrogen-bond acceptors (Lipinski definition) is 6. The van der Waals surface area contributed by atoms with Gasteiger partial charge in [0.15, 0.2) is 5.03 Å². The third-order valence-electron chi connectivity index (χ3n) is 3.04. The summed E-state index contributed by atoms with van der Waals surface area (Å²) in [6.45, 7) is 0. The number of halogens is 2. The third kappa shape index (κ3) is 3.03. The number of aromatic carboxylic acids is 1. The van der Waals surface area contributed by atoms with E-state index in [9.17, 15) is 18.3 Å². The van der Waals surface area contributed by atoms with E-state index >= 15 is 0 Å². The summed E-state index contributed by atoms with van der Waals surface area (Å²) in [5, 5.41) is 9.33. The molecule has 2 N–H and O–H groups in total. The Morgan fingerprint density at radius 1 is 1.25 bits per heavy atom. The van der Waals surface area contributed by atoms with E-state index in [1.54, 1.807) is 6.07 Å². The van der Waals surface area contributed by atoms with Crippen LogP contribution in [0.25, 0.3) is 10.1 Å². The van der Waals surface area contributed by atoms with E-state index in [1.807, 2.05) is 0 Å². The van der Waals surface area contributed by atoms with E-state index in [-0.39, 0.29) is 26.3 Å². The number of fused-ring (bicyclic) bond motifs is 1. The predicted octanol–water partition coefficient (Wildman–Crippen LogP) is 3.50. The molecule has 3 aromatic rings. The van der Waals surface area contributed by atoms with Crippen LogP contribution in [0.1, 0.15) is 10.4 Å². The Labute approximate surface area is 150 Å². The first-order chi connectivity index (χ1) is 11.3. The Bertz CT molecular complexity index is 1070. The normalized spacial score (nSPS) is 11.6.